The van der Waals surface area contributed by atoms with Gasteiger partial charge in [-0.3, -0.25) is 0 Å². The first-order valence-corrected chi connectivity index (χ1v) is 12.2. The van der Waals surface area contributed by atoms with Crippen LogP contribution in [0.1, 0.15) is 135 Å². The SMILES string of the molecule is CCCCCCCCNCCCCCCCCCCCCCCCCO. The number of hydrogen-bond donors (Lipinski definition) is 2. The highest BCUT2D eigenvalue weighted by Crippen LogP contribution is 2.12. The number of unbranched alkanes of at least 4 members (excludes halogenated alkanes) is 18. The van der Waals surface area contributed by atoms with Gasteiger partial charge < -0.3 is 10.4 Å². The normalized spacial score (nSPS) is 11.3. The second-order valence-electron chi connectivity index (χ2n) is 8.19. The Morgan fingerprint density at radius 3 is 1.08 bits per heavy atom. The van der Waals surface area contributed by atoms with E-state index in [0.29, 0.717) is 6.61 Å². The summed E-state index contributed by atoms with van der Waals surface area (Å²) in [5.74, 6) is 0. The van der Waals surface area contributed by atoms with Gasteiger partial charge in [-0.15, -0.1) is 0 Å². The fourth-order valence-corrected chi connectivity index (χ4v) is 3.64. The standard InChI is InChI=1S/C24H51NO/c1-2-3-4-5-16-19-22-25-23-20-17-14-12-10-8-6-7-9-11-13-15-18-21-24-26/h25-26H,2-24H2,1H3. The van der Waals surface area contributed by atoms with E-state index in [1.807, 2.05) is 0 Å². The Balaban J connectivity index is 2.95. The summed E-state index contributed by atoms with van der Waals surface area (Å²) in [4.78, 5) is 0. The van der Waals surface area contributed by atoms with Crippen molar-refractivity contribution < 1.29 is 5.11 Å². The van der Waals surface area contributed by atoms with Gasteiger partial charge in [0, 0.05) is 6.61 Å². The average molecular weight is 370 g/mol. The zero-order valence-corrected chi connectivity index (χ0v) is 18.2. The maximum absolute atomic E-state index is 8.73. The van der Waals surface area contributed by atoms with Crippen LogP contribution in [0.5, 0.6) is 0 Å². The number of nitrogens with one attached hydrogen (secondary N) is 1. The molecule has 0 fully saturated rings. The van der Waals surface area contributed by atoms with E-state index in [1.165, 1.54) is 135 Å². The molecule has 0 aromatic heterocycles. The van der Waals surface area contributed by atoms with Crippen molar-refractivity contribution in [1.82, 2.24) is 5.32 Å². The second-order valence-corrected chi connectivity index (χ2v) is 8.19. The first-order chi connectivity index (χ1) is 12.9. The minimum atomic E-state index is 0.371. The van der Waals surface area contributed by atoms with Crippen LogP contribution in [0.2, 0.25) is 0 Å². The maximum atomic E-state index is 8.73. The summed E-state index contributed by atoms with van der Waals surface area (Å²) in [7, 11) is 0. The molecular formula is C24H51NO. The van der Waals surface area contributed by atoms with Crippen molar-refractivity contribution >= 4 is 0 Å². The number of aliphatic hydroxyl groups is 1. The highest BCUT2D eigenvalue weighted by atomic mass is 16.2. The van der Waals surface area contributed by atoms with Gasteiger partial charge in [0.1, 0.15) is 0 Å². The minimum Gasteiger partial charge on any atom is -0.396 e. The summed E-state index contributed by atoms with van der Waals surface area (Å²) in [6.07, 6.45) is 27.5. The van der Waals surface area contributed by atoms with Crippen LogP contribution < -0.4 is 5.32 Å². The molecular weight excluding hydrogens is 318 g/mol. The van der Waals surface area contributed by atoms with Gasteiger partial charge >= 0.3 is 0 Å². The van der Waals surface area contributed by atoms with Gasteiger partial charge in [0.15, 0.2) is 0 Å². The summed E-state index contributed by atoms with van der Waals surface area (Å²) in [6.45, 7) is 5.11. The lowest BCUT2D eigenvalue weighted by atomic mass is 10.0. The average Bonchev–Trinajstić information content (AvgIpc) is 2.66. The molecule has 0 amide bonds. The van der Waals surface area contributed by atoms with Crippen LogP contribution in [-0.2, 0) is 0 Å². The lowest BCUT2D eigenvalue weighted by Gasteiger charge is -2.05. The number of hydrogen-bond acceptors (Lipinski definition) is 2. The summed E-state index contributed by atoms with van der Waals surface area (Å²) < 4.78 is 0. The zero-order valence-electron chi connectivity index (χ0n) is 18.2. The van der Waals surface area contributed by atoms with Crippen molar-refractivity contribution in [3.05, 3.63) is 0 Å². The van der Waals surface area contributed by atoms with Crippen molar-refractivity contribution in [3.63, 3.8) is 0 Å². The van der Waals surface area contributed by atoms with Gasteiger partial charge in [0.05, 0.1) is 0 Å². The number of aliphatic hydroxyl groups excluding tert-OH is 1. The quantitative estimate of drug-likeness (QED) is 0.184. The van der Waals surface area contributed by atoms with Crippen molar-refractivity contribution in [2.45, 2.75) is 135 Å². The third-order valence-corrected chi connectivity index (χ3v) is 5.47. The Hall–Kier alpha value is -0.0800. The summed E-state index contributed by atoms with van der Waals surface area (Å²) in [5.41, 5.74) is 0. The molecule has 0 atom stereocenters. The molecule has 26 heavy (non-hydrogen) atoms. The maximum Gasteiger partial charge on any atom is 0.0431 e. The van der Waals surface area contributed by atoms with Gasteiger partial charge in [-0.25, -0.2) is 0 Å². The van der Waals surface area contributed by atoms with E-state index in [2.05, 4.69) is 12.2 Å². The van der Waals surface area contributed by atoms with Crippen molar-refractivity contribution in [3.8, 4) is 0 Å². The molecule has 0 radical (unpaired) electrons. The van der Waals surface area contributed by atoms with Gasteiger partial charge in [0.2, 0.25) is 0 Å². The van der Waals surface area contributed by atoms with Gasteiger partial charge in [0.25, 0.3) is 0 Å². The highest BCUT2D eigenvalue weighted by molar-refractivity contribution is 4.52. The lowest BCUT2D eigenvalue weighted by Crippen LogP contribution is -2.16. The van der Waals surface area contributed by atoms with E-state index in [1.54, 1.807) is 0 Å². The first-order valence-electron chi connectivity index (χ1n) is 12.2. The Labute approximate surface area is 165 Å². The van der Waals surface area contributed by atoms with Crippen LogP contribution in [0.4, 0.5) is 0 Å². The summed E-state index contributed by atoms with van der Waals surface area (Å²) in [5, 5.41) is 12.3. The van der Waals surface area contributed by atoms with Crippen LogP contribution in [0.15, 0.2) is 0 Å². The molecule has 0 aliphatic heterocycles. The Bertz CT molecular complexity index is 208. The summed E-state index contributed by atoms with van der Waals surface area (Å²) >= 11 is 0. The van der Waals surface area contributed by atoms with Gasteiger partial charge in [-0.05, 0) is 32.4 Å². The van der Waals surface area contributed by atoms with E-state index in [9.17, 15) is 0 Å². The molecule has 0 bridgehead atoms. The molecule has 0 unspecified atom stereocenters. The third kappa shape index (κ3) is 23.9. The molecule has 0 saturated heterocycles. The largest absolute Gasteiger partial charge is 0.396 e. The molecule has 0 rings (SSSR count). The fourth-order valence-electron chi connectivity index (χ4n) is 3.64. The minimum absolute atomic E-state index is 0.371. The molecule has 0 aromatic rings. The first kappa shape index (κ1) is 25.9. The van der Waals surface area contributed by atoms with Crippen molar-refractivity contribution in [2.24, 2.45) is 0 Å². The van der Waals surface area contributed by atoms with E-state index < -0.39 is 0 Å². The van der Waals surface area contributed by atoms with E-state index >= 15 is 0 Å². The van der Waals surface area contributed by atoms with Crippen LogP contribution in [0.25, 0.3) is 0 Å². The molecule has 158 valence electrons. The van der Waals surface area contributed by atoms with Gasteiger partial charge in [-0.2, -0.15) is 0 Å². The Morgan fingerprint density at radius 1 is 0.423 bits per heavy atom. The zero-order chi connectivity index (χ0) is 19.0. The fraction of sp³-hybridized carbons (Fsp3) is 1.00. The molecule has 2 heteroatoms. The second kappa shape index (κ2) is 24.9. The Morgan fingerprint density at radius 2 is 0.731 bits per heavy atom. The third-order valence-electron chi connectivity index (χ3n) is 5.47. The molecule has 0 aliphatic rings. The molecule has 2 N–H and O–H groups in total. The molecule has 0 heterocycles. The van der Waals surface area contributed by atoms with Crippen molar-refractivity contribution in [2.75, 3.05) is 19.7 Å². The molecule has 0 aromatic carbocycles. The smallest absolute Gasteiger partial charge is 0.0431 e. The monoisotopic (exact) mass is 369 g/mol. The predicted molar refractivity (Wildman–Crippen MR) is 118 cm³/mol. The lowest BCUT2D eigenvalue weighted by molar-refractivity contribution is 0.282. The molecule has 2 nitrogen and oxygen atoms in total. The van der Waals surface area contributed by atoms with Crippen LogP contribution in [0.3, 0.4) is 0 Å². The van der Waals surface area contributed by atoms with E-state index in [4.69, 9.17) is 5.11 Å². The molecule has 0 saturated carbocycles. The van der Waals surface area contributed by atoms with Crippen LogP contribution >= 0.6 is 0 Å². The van der Waals surface area contributed by atoms with Crippen molar-refractivity contribution in [1.29, 1.82) is 0 Å². The van der Waals surface area contributed by atoms with Crippen LogP contribution in [-0.4, -0.2) is 24.8 Å². The Kier molecular flexibility index (Phi) is 24.8. The molecule has 0 aliphatic carbocycles. The highest BCUT2D eigenvalue weighted by Gasteiger charge is 1.95. The van der Waals surface area contributed by atoms with Gasteiger partial charge in [-0.1, -0.05) is 116 Å². The summed E-state index contributed by atoms with van der Waals surface area (Å²) in [6, 6.07) is 0. The predicted octanol–water partition coefficient (Wildman–Crippen LogP) is 7.39. The topological polar surface area (TPSA) is 32.3 Å². The van der Waals surface area contributed by atoms with Crippen LogP contribution in [0, 0.1) is 0 Å². The van der Waals surface area contributed by atoms with E-state index in [0.717, 1.165) is 6.42 Å². The number of rotatable bonds is 23. The molecule has 0 spiro atoms. The van der Waals surface area contributed by atoms with E-state index in [-0.39, 0.29) is 0 Å².